The van der Waals surface area contributed by atoms with Gasteiger partial charge in [-0.15, -0.1) is 0 Å². The average molecular weight is 1280 g/mol. The van der Waals surface area contributed by atoms with Crippen LogP contribution in [0.3, 0.4) is 0 Å². The molecule has 0 bridgehead atoms. The Labute approximate surface area is 537 Å². The number of ketones is 1. The predicted molar refractivity (Wildman–Crippen MR) is 329 cm³/mol. The highest BCUT2D eigenvalue weighted by atomic mass is 16.8. The molecule has 21 nitrogen and oxygen atoms in total. The number of nitrogens with one attached hydrogen (secondary N) is 3. The molecule has 10 rings (SSSR count). The third-order valence-corrected chi connectivity index (χ3v) is 24.5. The molecule has 2 aliphatic heterocycles. The molecule has 0 spiro atoms. The number of rotatable bonds is 15. The Bertz CT molecular complexity index is 2810. The summed E-state index contributed by atoms with van der Waals surface area (Å²) in [6, 6.07) is -0.320. The van der Waals surface area contributed by atoms with E-state index in [1.807, 2.05) is 6.08 Å². The molecule has 9 fully saturated rings. The summed E-state index contributed by atoms with van der Waals surface area (Å²) < 4.78 is 57.3. The Morgan fingerprint density at radius 1 is 0.473 bits per heavy atom. The van der Waals surface area contributed by atoms with Gasteiger partial charge in [-0.2, -0.15) is 0 Å². The molecule has 3 N–H and O–H groups in total. The van der Waals surface area contributed by atoms with Crippen molar-refractivity contribution in [3.63, 3.8) is 0 Å². The van der Waals surface area contributed by atoms with Gasteiger partial charge in [0.2, 0.25) is 5.91 Å². The van der Waals surface area contributed by atoms with Crippen LogP contribution in [-0.4, -0.2) is 139 Å². The topological polar surface area (TPSA) is 273 Å². The molecule has 91 heavy (non-hydrogen) atoms. The van der Waals surface area contributed by atoms with E-state index in [0.717, 1.165) is 137 Å². The summed E-state index contributed by atoms with van der Waals surface area (Å²) in [6.07, 6.45) is 4.30. The lowest BCUT2D eigenvalue weighted by molar-refractivity contribution is -0.370. The van der Waals surface area contributed by atoms with Crippen molar-refractivity contribution >= 4 is 53.4 Å². The number of hydrogen-bond donors (Lipinski definition) is 3. The molecule has 19 unspecified atom stereocenters. The minimum atomic E-state index is -1.93. The van der Waals surface area contributed by atoms with E-state index in [4.69, 9.17) is 42.6 Å². The van der Waals surface area contributed by atoms with E-state index in [9.17, 15) is 38.4 Å². The number of fused-ring (bicyclic) bond motifs is 7. The second kappa shape index (κ2) is 27.0. The molecule has 8 aliphatic carbocycles. The van der Waals surface area contributed by atoms with Crippen molar-refractivity contribution in [1.82, 2.24) is 16.0 Å². The predicted octanol–water partition coefficient (Wildman–Crippen LogP) is 9.19. The number of ether oxygens (including phenoxy) is 9. The van der Waals surface area contributed by atoms with E-state index in [-0.39, 0.29) is 58.4 Å². The Hall–Kier alpha value is -4.99. The van der Waals surface area contributed by atoms with Crippen LogP contribution in [0.25, 0.3) is 0 Å². The smallest absolute Gasteiger partial charge is 0.303 e. The van der Waals surface area contributed by atoms with Gasteiger partial charge in [0.25, 0.3) is 11.8 Å². The van der Waals surface area contributed by atoms with Crippen molar-refractivity contribution in [2.24, 2.45) is 50.2 Å². The van der Waals surface area contributed by atoms with Gasteiger partial charge in [0.1, 0.15) is 0 Å². The Morgan fingerprint density at radius 2 is 0.912 bits per heavy atom. The SMILES string of the molecule is CC(=O)OC1C(OC2C(OC3CCC4(C)C(CCC5(C)C4C(=O)C=C4C6CC(C)(C(=O)NC7CCCCC7)CCC6(C)CCC45C)C3(C)C)OC(C(=O)NC3CCCCC3)C(OC(C)=O)C2OC(C)=O)OC(C(=O)NC2CCCCC2)C(OC(C)=O)C1OC(C)=O. The van der Waals surface area contributed by atoms with Gasteiger partial charge < -0.3 is 58.6 Å². The number of allylic oxidation sites excluding steroid dienone is 2. The van der Waals surface area contributed by atoms with Gasteiger partial charge in [0, 0.05) is 64.1 Å². The van der Waals surface area contributed by atoms with E-state index >= 15 is 4.79 Å². The highest BCUT2D eigenvalue weighted by Crippen LogP contribution is 2.75. The normalized spacial score (nSPS) is 41.0. The minimum absolute atomic E-state index is 0.0470. The first-order valence-electron chi connectivity index (χ1n) is 34.6. The maximum Gasteiger partial charge on any atom is 0.303 e. The second-order valence-electron chi connectivity index (χ2n) is 31.1. The van der Waals surface area contributed by atoms with Crippen LogP contribution >= 0.6 is 0 Å². The van der Waals surface area contributed by atoms with E-state index in [1.54, 1.807) is 0 Å². The van der Waals surface area contributed by atoms with Crippen LogP contribution in [-0.2, 0) is 85.8 Å². The number of carbonyl (C=O) groups excluding carboxylic acids is 9. The molecule has 0 aromatic rings. The van der Waals surface area contributed by atoms with Crippen molar-refractivity contribution in [2.45, 2.75) is 323 Å². The third-order valence-electron chi connectivity index (χ3n) is 24.5. The average Bonchev–Trinajstić information content (AvgIpc) is 0.675. The summed E-state index contributed by atoms with van der Waals surface area (Å²) in [4.78, 5) is 126. The summed E-state index contributed by atoms with van der Waals surface area (Å²) in [7, 11) is 0. The van der Waals surface area contributed by atoms with Crippen LogP contribution in [0.2, 0.25) is 0 Å². The highest BCUT2D eigenvalue weighted by Gasteiger charge is 2.71. The summed E-state index contributed by atoms with van der Waals surface area (Å²) in [5.74, 6) is -5.94. The first-order valence-corrected chi connectivity index (χ1v) is 34.6. The fraction of sp³-hybridized carbons (Fsp3) is 0.843. The number of esters is 5. The molecule has 3 amide bonds. The minimum Gasteiger partial charge on any atom is -0.455 e. The lowest BCUT2D eigenvalue weighted by Crippen LogP contribution is -2.70. The highest BCUT2D eigenvalue weighted by molar-refractivity contribution is 5.96. The lowest BCUT2D eigenvalue weighted by atomic mass is 9.33. The number of hydrogen-bond acceptors (Lipinski definition) is 18. The zero-order chi connectivity index (χ0) is 65.8. The van der Waals surface area contributed by atoms with E-state index in [0.29, 0.717) is 44.9 Å². The van der Waals surface area contributed by atoms with Crippen LogP contribution in [0.1, 0.15) is 237 Å². The molecular formula is C70H105N3O18. The zero-order valence-electron chi connectivity index (χ0n) is 56.2. The van der Waals surface area contributed by atoms with Gasteiger partial charge in [0.15, 0.2) is 67.2 Å². The van der Waals surface area contributed by atoms with Crippen LogP contribution in [0.5, 0.6) is 0 Å². The van der Waals surface area contributed by atoms with Crippen LogP contribution in [0.15, 0.2) is 11.6 Å². The summed E-state index contributed by atoms with van der Waals surface area (Å²) >= 11 is 0. The fourth-order valence-corrected chi connectivity index (χ4v) is 19.6. The summed E-state index contributed by atoms with van der Waals surface area (Å²) in [5, 5.41) is 9.60. The molecule has 0 aromatic carbocycles. The molecule has 0 aromatic heterocycles. The van der Waals surface area contributed by atoms with Crippen molar-refractivity contribution in [3.8, 4) is 0 Å². The first-order chi connectivity index (χ1) is 42.9. The van der Waals surface area contributed by atoms with E-state index in [2.05, 4.69) is 64.4 Å². The van der Waals surface area contributed by atoms with Gasteiger partial charge in [-0.05, 0) is 141 Å². The molecule has 10 aliphatic rings. The van der Waals surface area contributed by atoms with Crippen LogP contribution in [0, 0.1) is 50.2 Å². The lowest BCUT2D eigenvalue weighted by Gasteiger charge is -2.70. The van der Waals surface area contributed by atoms with Crippen molar-refractivity contribution < 1.29 is 85.8 Å². The van der Waals surface area contributed by atoms with Crippen molar-refractivity contribution in [2.75, 3.05) is 0 Å². The van der Waals surface area contributed by atoms with Gasteiger partial charge in [-0.1, -0.05) is 112 Å². The number of amides is 3. The molecular weight excluding hydrogens is 1170 g/mol. The van der Waals surface area contributed by atoms with Crippen LogP contribution in [0.4, 0.5) is 0 Å². The summed E-state index contributed by atoms with van der Waals surface area (Å²) in [6.45, 7) is 21.4. The molecule has 21 heteroatoms. The fourth-order valence-electron chi connectivity index (χ4n) is 19.6. The van der Waals surface area contributed by atoms with Gasteiger partial charge >= 0.3 is 29.8 Å². The standard InChI is InChI=1S/C70H105N3O18/c1-38(74)83-51-53(85-40(3)76)57(87-42(5)78)63(90-56(51)61(81)72-44-24-18-14-19-25-44)91-58-54(86-41(4)77)52(84-39(2)75)55(60(80)71-43-22-16-13-17-23-43)89-62(58)88-50-29-30-68(10)49(65(50,6)7)28-31-70(12)59(68)48(79)36-46-47-37-67(9,64(82)73-45-26-20-15-21-27-45)33-32-66(47,8)34-35-69(46,70)11/h36,43-45,47,49-59,62-63H,13-35,37H2,1-12H3,(H,71,80)(H,72,81)(H,73,82). The van der Waals surface area contributed by atoms with Gasteiger partial charge in [-0.25, -0.2) is 0 Å². The number of carbonyl (C=O) groups is 9. The van der Waals surface area contributed by atoms with Gasteiger partial charge in [0.05, 0.1) is 6.10 Å². The maximum absolute atomic E-state index is 15.7. The quantitative estimate of drug-likeness (QED) is 0.0783. The Kier molecular flexibility index (Phi) is 20.4. The third kappa shape index (κ3) is 13.7. The van der Waals surface area contributed by atoms with Crippen molar-refractivity contribution in [1.29, 1.82) is 0 Å². The Morgan fingerprint density at radius 3 is 1.41 bits per heavy atom. The Balaban J connectivity index is 1.00. The molecule has 2 heterocycles. The molecule has 0 radical (unpaired) electrons. The zero-order valence-corrected chi connectivity index (χ0v) is 56.2. The monoisotopic (exact) mass is 1280 g/mol. The van der Waals surface area contributed by atoms with Gasteiger partial charge in [-0.3, -0.25) is 43.2 Å². The molecule has 7 saturated carbocycles. The first kappa shape index (κ1) is 68.9. The summed E-state index contributed by atoms with van der Waals surface area (Å²) in [5.41, 5.74) is -1.44. The molecule has 19 atom stereocenters. The van der Waals surface area contributed by atoms with E-state index < -0.39 is 131 Å². The molecule has 2 saturated heterocycles. The maximum atomic E-state index is 15.7. The van der Waals surface area contributed by atoms with E-state index in [1.165, 1.54) is 12.0 Å². The second-order valence-corrected chi connectivity index (χ2v) is 31.1. The van der Waals surface area contributed by atoms with Crippen LogP contribution < -0.4 is 16.0 Å². The largest absolute Gasteiger partial charge is 0.455 e. The van der Waals surface area contributed by atoms with Crippen molar-refractivity contribution in [3.05, 3.63) is 11.6 Å². The molecule has 508 valence electrons.